The first-order chi connectivity index (χ1) is 10.8. The second-order valence-electron chi connectivity index (χ2n) is 5.45. The van der Waals surface area contributed by atoms with E-state index in [1.165, 1.54) is 5.56 Å². The van der Waals surface area contributed by atoms with Crippen molar-refractivity contribution in [1.29, 1.82) is 0 Å². The van der Waals surface area contributed by atoms with E-state index in [2.05, 4.69) is 27.0 Å². The summed E-state index contributed by atoms with van der Waals surface area (Å²) in [5.74, 6) is 2.47. The SMILES string of the molecule is Clc1cncc(N2CCC[C@@H]2c2ccc3c(c2)OCCO3)n1. The highest BCUT2D eigenvalue weighted by Gasteiger charge is 2.28. The Bertz CT molecular complexity index is 695. The van der Waals surface area contributed by atoms with Crippen molar-refractivity contribution >= 4 is 17.4 Å². The van der Waals surface area contributed by atoms with Crippen molar-refractivity contribution in [2.45, 2.75) is 18.9 Å². The van der Waals surface area contributed by atoms with Crippen molar-refractivity contribution in [3.8, 4) is 11.5 Å². The third-order valence-electron chi connectivity index (χ3n) is 4.09. The Balaban J connectivity index is 1.66. The number of aromatic nitrogens is 2. The number of fused-ring (bicyclic) bond motifs is 1. The van der Waals surface area contributed by atoms with Crippen LogP contribution in [0.5, 0.6) is 11.5 Å². The lowest BCUT2D eigenvalue weighted by atomic mass is 10.0. The molecule has 114 valence electrons. The Morgan fingerprint density at radius 1 is 1.14 bits per heavy atom. The van der Waals surface area contributed by atoms with Crippen LogP contribution in [0.4, 0.5) is 5.82 Å². The first-order valence-electron chi connectivity index (χ1n) is 7.45. The van der Waals surface area contributed by atoms with Gasteiger partial charge in [-0.15, -0.1) is 0 Å². The second-order valence-corrected chi connectivity index (χ2v) is 5.84. The summed E-state index contributed by atoms with van der Waals surface area (Å²) < 4.78 is 11.3. The molecule has 1 atom stereocenters. The Hall–Kier alpha value is -2.01. The van der Waals surface area contributed by atoms with Crippen LogP contribution >= 0.6 is 11.6 Å². The molecule has 0 bridgehead atoms. The van der Waals surface area contributed by atoms with E-state index < -0.39 is 0 Å². The van der Waals surface area contributed by atoms with E-state index in [-0.39, 0.29) is 6.04 Å². The normalized spacial score (nSPS) is 20.2. The Morgan fingerprint density at radius 2 is 2.00 bits per heavy atom. The van der Waals surface area contributed by atoms with E-state index in [1.54, 1.807) is 12.4 Å². The molecule has 1 fully saturated rings. The molecule has 2 aromatic rings. The van der Waals surface area contributed by atoms with Crippen LogP contribution < -0.4 is 14.4 Å². The van der Waals surface area contributed by atoms with Crippen LogP contribution in [0.15, 0.2) is 30.6 Å². The highest BCUT2D eigenvalue weighted by atomic mass is 35.5. The zero-order chi connectivity index (χ0) is 14.9. The van der Waals surface area contributed by atoms with E-state index in [4.69, 9.17) is 21.1 Å². The van der Waals surface area contributed by atoms with Crippen LogP contribution in [0.25, 0.3) is 0 Å². The summed E-state index contributed by atoms with van der Waals surface area (Å²) in [6.45, 7) is 2.17. The van der Waals surface area contributed by atoms with Crippen molar-refractivity contribution in [3.05, 3.63) is 41.3 Å². The van der Waals surface area contributed by atoms with Gasteiger partial charge in [-0.1, -0.05) is 17.7 Å². The average molecular weight is 318 g/mol. The molecule has 0 aliphatic carbocycles. The van der Waals surface area contributed by atoms with Gasteiger partial charge in [-0.2, -0.15) is 0 Å². The number of rotatable bonds is 2. The minimum Gasteiger partial charge on any atom is -0.486 e. The fourth-order valence-electron chi connectivity index (χ4n) is 3.13. The molecule has 0 amide bonds. The zero-order valence-corrected chi connectivity index (χ0v) is 12.8. The predicted octanol–water partition coefficient (Wildman–Crippen LogP) is 3.24. The van der Waals surface area contributed by atoms with Crippen LogP contribution in [0.2, 0.25) is 5.15 Å². The summed E-state index contributed by atoms with van der Waals surface area (Å²) in [5.41, 5.74) is 1.21. The summed E-state index contributed by atoms with van der Waals surface area (Å²) in [5, 5.41) is 0.422. The standard InChI is InChI=1S/C16H16ClN3O2/c17-15-9-18-10-16(19-15)20-5-1-2-12(20)11-3-4-13-14(8-11)22-7-6-21-13/h3-4,8-10,12H,1-2,5-7H2/t12-/m1/s1. The van der Waals surface area contributed by atoms with Crippen LogP contribution in [0, 0.1) is 0 Å². The molecule has 0 radical (unpaired) electrons. The fraction of sp³-hybridized carbons (Fsp3) is 0.375. The molecule has 2 aliphatic rings. The predicted molar refractivity (Wildman–Crippen MR) is 83.8 cm³/mol. The molecule has 0 spiro atoms. The summed E-state index contributed by atoms with van der Waals surface area (Å²) in [6, 6.07) is 6.44. The average Bonchev–Trinajstić information content (AvgIpc) is 3.04. The number of hydrogen-bond acceptors (Lipinski definition) is 5. The van der Waals surface area contributed by atoms with Crippen LogP contribution in [0.1, 0.15) is 24.4 Å². The summed E-state index contributed by atoms with van der Waals surface area (Å²) in [4.78, 5) is 10.8. The molecule has 0 N–H and O–H groups in total. The van der Waals surface area contributed by atoms with Gasteiger partial charge in [0.05, 0.1) is 18.4 Å². The summed E-state index contributed by atoms with van der Waals surface area (Å²) >= 11 is 5.98. The van der Waals surface area contributed by atoms with Gasteiger partial charge in [0.25, 0.3) is 0 Å². The Kier molecular flexibility index (Phi) is 3.50. The summed E-state index contributed by atoms with van der Waals surface area (Å²) in [6.07, 6.45) is 5.52. The van der Waals surface area contributed by atoms with Gasteiger partial charge in [-0.05, 0) is 30.5 Å². The van der Waals surface area contributed by atoms with Crippen LogP contribution in [-0.2, 0) is 0 Å². The largest absolute Gasteiger partial charge is 0.486 e. The molecule has 22 heavy (non-hydrogen) atoms. The molecule has 6 heteroatoms. The number of nitrogens with zero attached hydrogens (tertiary/aromatic N) is 3. The molecule has 5 nitrogen and oxygen atoms in total. The van der Waals surface area contributed by atoms with Gasteiger partial charge in [0, 0.05) is 6.54 Å². The lowest BCUT2D eigenvalue weighted by Gasteiger charge is -2.27. The van der Waals surface area contributed by atoms with Crippen molar-refractivity contribution in [2.75, 3.05) is 24.7 Å². The van der Waals surface area contributed by atoms with Gasteiger partial charge in [-0.3, -0.25) is 4.98 Å². The topological polar surface area (TPSA) is 47.5 Å². The zero-order valence-electron chi connectivity index (χ0n) is 12.0. The molecule has 4 rings (SSSR count). The molecule has 1 saturated heterocycles. The van der Waals surface area contributed by atoms with Crippen LogP contribution in [0.3, 0.4) is 0 Å². The minimum atomic E-state index is 0.267. The van der Waals surface area contributed by atoms with Gasteiger partial charge < -0.3 is 14.4 Å². The van der Waals surface area contributed by atoms with Crippen LogP contribution in [-0.4, -0.2) is 29.7 Å². The molecule has 0 unspecified atom stereocenters. The number of ether oxygens (including phenoxy) is 2. The molecular weight excluding hydrogens is 302 g/mol. The van der Waals surface area contributed by atoms with Gasteiger partial charge in [-0.25, -0.2) is 4.98 Å². The van der Waals surface area contributed by atoms with Crippen molar-refractivity contribution in [2.24, 2.45) is 0 Å². The Morgan fingerprint density at radius 3 is 2.86 bits per heavy atom. The minimum absolute atomic E-state index is 0.267. The molecule has 1 aromatic carbocycles. The maximum Gasteiger partial charge on any atom is 0.161 e. The van der Waals surface area contributed by atoms with Gasteiger partial charge >= 0.3 is 0 Å². The summed E-state index contributed by atoms with van der Waals surface area (Å²) in [7, 11) is 0. The monoisotopic (exact) mass is 317 g/mol. The lowest BCUT2D eigenvalue weighted by Crippen LogP contribution is -2.24. The number of anilines is 1. The smallest absolute Gasteiger partial charge is 0.161 e. The molecule has 3 heterocycles. The lowest BCUT2D eigenvalue weighted by molar-refractivity contribution is 0.171. The van der Waals surface area contributed by atoms with Gasteiger partial charge in [0.2, 0.25) is 0 Å². The highest BCUT2D eigenvalue weighted by molar-refractivity contribution is 6.29. The van der Waals surface area contributed by atoms with Gasteiger partial charge in [0.15, 0.2) is 11.5 Å². The third-order valence-corrected chi connectivity index (χ3v) is 4.27. The highest BCUT2D eigenvalue weighted by Crippen LogP contribution is 2.39. The second kappa shape index (κ2) is 5.65. The maximum atomic E-state index is 5.98. The maximum absolute atomic E-state index is 5.98. The first kappa shape index (κ1) is 13.6. The number of halogens is 1. The van der Waals surface area contributed by atoms with Crippen molar-refractivity contribution in [3.63, 3.8) is 0 Å². The van der Waals surface area contributed by atoms with E-state index in [0.717, 1.165) is 36.7 Å². The van der Waals surface area contributed by atoms with Gasteiger partial charge in [0.1, 0.15) is 24.2 Å². The van der Waals surface area contributed by atoms with E-state index in [1.807, 2.05) is 6.07 Å². The number of hydrogen-bond donors (Lipinski definition) is 0. The first-order valence-corrected chi connectivity index (χ1v) is 7.83. The molecule has 1 aromatic heterocycles. The molecule has 0 saturated carbocycles. The Labute approximate surface area is 133 Å². The van der Waals surface area contributed by atoms with E-state index in [0.29, 0.717) is 18.4 Å². The molecule has 2 aliphatic heterocycles. The third kappa shape index (κ3) is 2.46. The van der Waals surface area contributed by atoms with Crippen molar-refractivity contribution in [1.82, 2.24) is 9.97 Å². The van der Waals surface area contributed by atoms with Crippen molar-refractivity contribution < 1.29 is 9.47 Å². The quantitative estimate of drug-likeness (QED) is 0.851. The number of benzene rings is 1. The van der Waals surface area contributed by atoms with E-state index >= 15 is 0 Å². The molecular formula is C16H16ClN3O2. The van der Waals surface area contributed by atoms with E-state index in [9.17, 15) is 0 Å². The fourth-order valence-corrected chi connectivity index (χ4v) is 3.27.